The Kier molecular flexibility index (Phi) is 3.42. The molecule has 1 nitrogen and oxygen atoms in total. The van der Waals surface area contributed by atoms with E-state index in [1.165, 1.54) is 21.6 Å². The maximum atomic E-state index is 9.10. The predicted molar refractivity (Wildman–Crippen MR) is 69.0 cm³/mol. The number of benzene rings is 1. The van der Waals surface area contributed by atoms with Gasteiger partial charge in [0.05, 0.1) is 6.61 Å². The molecule has 2 rings (SSSR count). The van der Waals surface area contributed by atoms with Gasteiger partial charge in [-0.25, -0.2) is 0 Å². The van der Waals surface area contributed by atoms with E-state index < -0.39 is 0 Å². The molecule has 0 unspecified atom stereocenters. The van der Waals surface area contributed by atoms with Crippen LogP contribution in [0.1, 0.15) is 26.4 Å². The molecule has 0 aliphatic carbocycles. The van der Waals surface area contributed by atoms with Gasteiger partial charge in [-0.05, 0) is 37.5 Å². The van der Waals surface area contributed by atoms with Crippen LogP contribution in [0.2, 0.25) is 0 Å². The molecule has 0 aliphatic heterocycles. The van der Waals surface area contributed by atoms with E-state index in [0.29, 0.717) is 0 Å². The van der Waals surface area contributed by atoms with E-state index in [0.717, 1.165) is 11.3 Å². The molecule has 1 N–H and O–H groups in total. The third-order valence-corrected chi connectivity index (χ3v) is 3.78. The highest BCUT2D eigenvalue weighted by Gasteiger charge is 2.05. The highest BCUT2D eigenvalue weighted by atomic mass is 32.1. The molecule has 0 radical (unpaired) electrons. The topological polar surface area (TPSA) is 20.2 Å². The van der Waals surface area contributed by atoms with Crippen molar-refractivity contribution < 1.29 is 5.11 Å². The molecule has 0 saturated heterocycles. The van der Waals surface area contributed by atoms with Gasteiger partial charge in [-0.3, -0.25) is 0 Å². The largest absolute Gasteiger partial charge is 0.391 e. The molecular weight excluding hydrogens is 216 g/mol. The third kappa shape index (κ3) is 2.52. The summed E-state index contributed by atoms with van der Waals surface area (Å²) in [5, 5.41) is 9.10. The molecule has 0 spiro atoms. The van der Waals surface area contributed by atoms with Gasteiger partial charge in [0.15, 0.2) is 0 Å². The molecule has 0 fully saturated rings. The molecule has 84 valence electrons. The Morgan fingerprint density at radius 1 is 1.19 bits per heavy atom. The average Bonchev–Trinajstić information content (AvgIpc) is 2.60. The van der Waals surface area contributed by atoms with E-state index >= 15 is 0 Å². The monoisotopic (exact) mass is 232 g/mol. The van der Waals surface area contributed by atoms with Crippen LogP contribution < -0.4 is 0 Å². The lowest BCUT2D eigenvalue weighted by Gasteiger charge is -2.02. The van der Waals surface area contributed by atoms with Crippen molar-refractivity contribution in [1.82, 2.24) is 0 Å². The SMILES string of the molecule is Cc1cccc(Cc2cc(CO)sc2C)c1. The van der Waals surface area contributed by atoms with Crippen molar-refractivity contribution >= 4 is 11.3 Å². The van der Waals surface area contributed by atoms with Crippen LogP contribution in [0.5, 0.6) is 0 Å². The summed E-state index contributed by atoms with van der Waals surface area (Å²) in [5.74, 6) is 0. The molecular formula is C14H16OS. The first-order valence-corrected chi connectivity index (χ1v) is 6.25. The molecule has 0 saturated carbocycles. The van der Waals surface area contributed by atoms with Gasteiger partial charge in [-0.15, -0.1) is 11.3 Å². The highest BCUT2D eigenvalue weighted by Crippen LogP contribution is 2.24. The van der Waals surface area contributed by atoms with Crippen molar-refractivity contribution in [2.24, 2.45) is 0 Å². The van der Waals surface area contributed by atoms with Crippen LogP contribution >= 0.6 is 11.3 Å². The molecule has 1 heterocycles. The Bertz CT molecular complexity index is 485. The van der Waals surface area contributed by atoms with Crippen molar-refractivity contribution in [3.05, 3.63) is 56.8 Å². The fraction of sp³-hybridized carbons (Fsp3) is 0.286. The zero-order valence-corrected chi connectivity index (χ0v) is 10.5. The Balaban J connectivity index is 2.23. The van der Waals surface area contributed by atoms with Gasteiger partial charge in [0.25, 0.3) is 0 Å². The second-order valence-electron chi connectivity index (χ2n) is 4.12. The summed E-state index contributed by atoms with van der Waals surface area (Å²) in [5.41, 5.74) is 3.97. The number of rotatable bonds is 3. The minimum absolute atomic E-state index is 0.152. The van der Waals surface area contributed by atoms with E-state index in [1.807, 2.05) is 0 Å². The maximum absolute atomic E-state index is 9.10. The number of hydrogen-bond acceptors (Lipinski definition) is 2. The zero-order valence-electron chi connectivity index (χ0n) is 9.66. The van der Waals surface area contributed by atoms with Gasteiger partial charge in [0, 0.05) is 9.75 Å². The fourth-order valence-corrected chi connectivity index (χ4v) is 2.80. The molecule has 0 bridgehead atoms. The predicted octanol–water partition coefficient (Wildman–Crippen LogP) is 3.45. The molecule has 0 aliphatic rings. The summed E-state index contributed by atoms with van der Waals surface area (Å²) in [6, 6.07) is 10.7. The summed E-state index contributed by atoms with van der Waals surface area (Å²) >= 11 is 1.69. The van der Waals surface area contributed by atoms with E-state index in [4.69, 9.17) is 5.11 Å². The minimum Gasteiger partial charge on any atom is -0.391 e. The van der Waals surface area contributed by atoms with Crippen LogP contribution in [-0.4, -0.2) is 5.11 Å². The van der Waals surface area contributed by atoms with E-state index in [2.05, 4.69) is 44.2 Å². The van der Waals surface area contributed by atoms with Crippen molar-refractivity contribution in [3.8, 4) is 0 Å². The van der Waals surface area contributed by atoms with Gasteiger partial charge in [0.1, 0.15) is 0 Å². The van der Waals surface area contributed by atoms with Crippen LogP contribution in [-0.2, 0) is 13.0 Å². The van der Waals surface area contributed by atoms with Crippen LogP contribution in [0.25, 0.3) is 0 Å². The van der Waals surface area contributed by atoms with Crippen LogP contribution in [0.4, 0.5) is 0 Å². The van der Waals surface area contributed by atoms with E-state index in [9.17, 15) is 0 Å². The Labute approximate surface area is 100 Å². The van der Waals surface area contributed by atoms with Crippen LogP contribution in [0.3, 0.4) is 0 Å². The molecule has 0 amide bonds. The van der Waals surface area contributed by atoms with Gasteiger partial charge in [0.2, 0.25) is 0 Å². The Morgan fingerprint density at radius 3 is 2.62 bits per heavy atom. The van der Waals surface area contributed by atoms with Crippen molar-refractivity contribution in [2.75, 3.05) is 0 Å². The normalized spacial score (nSPS) is 10.7. The van der Waals surface area contributed by atoms with Gasteiger partial charge in [-0.1, -0.05) is 29.8 Å². The number of thiophene rings is 1. The molecule has 1 aromatic carbocycles. The molecule has 1 aromatic heterocycles. The number of hydrogen-bond donors (Lipinski definition) is 1. The smallest absolute Gasteiger partial charge is 0.0774 e. The number of aliphatic hydroxyl groups is 1. The minimum atomic E-state index is 0.152. The standard InChI is InChI=1S/C14H16OS/c1-10-4-3-5-12(6-10)7-13-8-14(9-15)16-11(13)2/h3-6,8,15H,7,9H2,1-2H3. The molecule has 2 aromatic rings. The summed E-state index contributed by atoms with van der Waals surface area (Å²) < 4.78 is 0. The zero-order chi connectivity index (χ0) is 11.5. The third-order valence-electron chi connectivity index (χ3n) is 2.70. The average molecular weight is 232 g/mol. The number of aliphatic hydroxyl groups excluding tert-OH is 1. The molecule has 0 atom stereocenters. The van der Waals surface area contributed by atoms with Crippen molar-refractivity contribution in [1.29, 1.82) is 0 Å². The second kappa shape index (κ2) is 4.81. The van der Waals surface area contributed by atoms with Crippen LogP contribution in [0.15, 0.2) is 30.3 Å². The van der Waals surface area contributed by atoms with E-state index in [-0.39, 0.29) is 6.61 Å². The summed E-state index contributed by atoms with van der Waals surface area (Å²) in [4.78, 5) is 2.37. The molecule has 16 heavy (non-hydrogen) atoms. The Morgan fingerprint density at radius 2 is 2.00 bits per heavy atom. The second-order valence-corrected chi connectivity index (χ2v) is 5.46. The van der Waals surface area contributed by atoms with E-state index in [1.54, 1.807) is 11.3 Å². The summed E-state index contributed by atoms with van der Waals surface area (Å²) in [7, 11) is 0. The quantitative estimate of drug-likeness (QED) is 0.859. The van der Waals surface area contributed by atoms with Crippen LogP contribution in [0, 0.1) is 13.8 Å². The maximum Gasteiger partial charge on any atom is 0.0774 e. The van der Waals surface area contributed by atoms with Gasteiger partial charge < -0.3 is 5.11 Å². The lowest BCUT2D eigenvalue weighted by atomic mass is 10.0. The first-order valence-electron chi connectivity index (χ1n) is 5.43. The molecule has 2 heteroatoms. The summed E-state index contributed by atoms with van der Waals surface area (Å²) in [6.07, 6.45) is 0.962. The summed E-state index contributed by atoms with van der Waals surface area (Å²) in [6.45, 7) is 4.39. The lowest BCUT2D eigenvalue weighted by Crippen LogP contribution is -1.88. The highest BCUT2D eigenvalue weighted by molar-refractivity contribution is 7.12. The van der Waals surface area contributed by atoms with Crippen molar-refractivity contribution in [3.63, 3.8) is 0 Å². The van der Waals surface area contributed by atoms with Gasteiger partial charge in [-0.2, -0.15) is 0 Å². The first-order chi connectivity index (χ1) is 7.69. The number of aryl methyl sites for hydroxylation is 2. The Hall–Kier alpha value is -1.12. The van der Waals surface area contributed by atoms with Crippen molar-refractivity contribution in [2.45, 2.75) is 26.9 Å². The first kappa shape index (κ1) is 11.4. The lowest BCUT2D eigenvalue weighted by molar-refractivity contribution is 0.285. The fourth-order valence-electron chi connectivity index (χ4n) is 1.88. The van der Waals surface area contributed by atoms with Gasteiger partial charge >= 0.3 is 0 Å².